The highest BCUT2D eigenvalue weighted by Gasteiger charge is 2.24. The van der Waals surface area contributed by atoms with Gasteiger partial charge in [-0.1, -0.05) is 11.6 Å². The molecule has 7 heteroatoms. The third-order valence-corrected chi connectivity index (χ3v) is 4.04. The molecule has 2 aromatic rings. The predicted octanol–water partition coefficient (Wildman–Crippen LogP) is 2.58. The summed E-state index contributed by atoms with van der Waals surface area (Å²) in [5, 5.41) is 0.637. The standard InChI is InChI=1S/C17H18ClN3O3/c18-13-2-4-14(5-3-13)23-12-16(22)21-10-6-15(7-11-21)24-17-19-8-1-9-20-17/h1-5,8-9,15H,6-7,10-12H2. The number of aromatic nitrogens is 2. The van der Waals surface area contributed by atoms with Crippen molar-refractivity contribution in [1.29, 1.82) is 0 Å². The number of carbonyl (C=O) groups excluding carboxylic acids is 1. The second-order valence-electron chi connectivity index (χ2n) is 5.47. The van der Waals surface area contributed by atoms with Crippen molar-refractivity contribution in [3.8, 4) is 11.8 Å². The summed E-state index contributed by atoms with van der Waals surface area (Å²) in [5.41, 5.74) is 0. The summed E-state index contributed by atoms with van der Waals surface area (Å²) in [6.07, 6.45) is 4.84. The van der Waals surface area contributed by atoms with Gasteiger partial charge in [-0.25, -0.2) is 9.97 Å². The van der Waals surface area contributed by atoms with Crippen molar-refractivity contribution in [2.24, 2.45) is 0 Å². The quantitative estimate of drug-likeness (QED) is 0.831. The molecule has 0 aliphatic carbocycles. The maximum absolute atomic E-state index is 12.2. The SMILES string of the molecule is O=C(COc1ccc(Cl)cc1)N1CCC(Oc2ncccn2)CC1. The lowest BCUT2D eigenvalue weighted by molar-refractivity contribution is -0.135. The zero-order chi connectivity index (χ0) is 16.8. The number of likely N-dealkylation sites (tertiary alicyclic amines) is 1. The minimum atomic E-state index is -0.0284. The maximum Gasteiger partial charge on any atom is 0.316 e. The number of halogens is 1. The van der Waals surface area contributed by atoms with Gasteiger partial charge in [0, 0.05) is 43.3 Å². The summed E-state index contributed by atoms with van der Waals surface area (Å²) in [4.78, 5) is 22.1. The van der Waals surface area contributed by atoms with Crippen LogP contribution >= 0.6 is 11.6 Å². The Morgan fingerprint density at radius 1 is 1.17 bits per heavy atom. The van der Waals surface area contributed by atoms with Crippen LogP contribution in [-0.2, 0) is 4.79 Å². The Bertz CT molecular complexity index is 659. The Morgan fingerprint density at radius 3 is 2.50 bits per heavy atom. The van der Waals surface area contributed by atoms with Crippen LogP contribution in [0.5, 0.6) is 11.8 Å². The maximum atomic E-state index is 12.2. The number of ether oxygens (including phenoxy) is 2. The third kappa shape index (κ3) is 4.58. The Balaban J connectivity index is 1.42. The van der Waals surface area contributed by atoms with Gasteiger partial charge in [0.1, 0.15) is 11.9 Å². The number of piperidine rings is 1. The zero-order valence-electron chi connectivity index (χ0n) is 13.1. The zero-order valence-corrected chi connectivity index (χ0v) is 13.9. The average Bonchev–Trinajstić information content (AvgIpc) is 2.62. The van der Waals surface area contributed by atoms with E-state index in [2.05, 4.69) is 9.97 Å². The molecule has 24 heavy (non-hydrogen) atoms. The van der Waals surface area contributed by atoms with Gasteiger partial charge in [0.05, 0.1) is 0 Å². The van der Waals surface area contributed by atoms with E-state index in [1.54, 1.807) is 47.6 Å². The Labute approximate surface area is 145 Å². The van der Waals surface area contributed by atoms with E-state index in [0.717, 1.165) is 12.8 Å². The summed E-state index contributed by atoms with van der Waals surface area (Å²) >= 11 is 5.82. The average molecular weight is 348 g/mol. The minimum Gasteiger partial charge on any atom is -0.484 e. The molecule has 1 saturated heterocycles. The van der Waals surface area contributed by atoms with E-state index in [9.17, 15) is 4.79 Å². The van der Waals surface area contributed by atoms with Gasteiger partial charge in [-0.3, -0.25) is 4.79 Å². The van der Waals surface area contributed by atoms with Crippen molar-refractivity contribution < 1.29 is 14.3 Å². The summed E-state index contributed by atoms with van der Waals surface area (Å²) < 4.78 is 11.2. The first-order valence-electron chi connectivity index (χ1n) is 7.80. The smallest absolute Gasteiger partial charge is 0.316 e. The van der Waals surface area contributed by atoms with Gasteiger partial charge in [-0.05, 0) is 30.3 Å². The van der Waals surface area contributed by atoms with Crippen LogP contribution < -0.4 is 9.47 Å². The number of hydrogen-bond donors (Lipinski definition) is 0. The number of benzene rings is 1. The van der Waals surface area contributed by atoms with Crippen molar-refractivity contribution in [2.45, 2.75) is 18.9 Å². The molecule has 3 rings (SSSR count). The molecular formula is C17H18ClN3O3. The summed E-state index contributed by atoms with van der Waals surface area (Å²) in [6.45, 7) is 1.30. The lowest BCUT2D eigenvalue weighted by Crippen LogP contribution is -2.43. The van der Waals surface area contributed by atoms with Crippen molar-refractivity contribution in [2.75, 3.05) is 19.7 Å². The van der Waals surface area contributed by atoms with E-state index in [-0.39, 0.29) is 18.6 Å². The number of nitrogens with zero attached hydrogens (tertiary/aromatic N) is 3. The molecule has 1 fully saturated rings. The van der Waals surface area contributed by atoms with Crippen LogP contribution in [0.2, 0.25) is 5.02 Å². The molecule has 6 nitrogen and oxygen atoms in total. The summed E-state index contributed by atoms with van der Waals surface area (Å²) in [6, 6.07) is 9.08. The van der Waals surface area contributed by atoms with Crippen molar-refractivity contribution >= 4 is 17.5 Å². The largest absolute Gasteiger partial charge is 0.484 e. The monoisotopic (exact) mass is 347 g/mol. The molecule has 0 spiro atoms. The Hall–Kier alpha value is -2.34. The summed E-state index contributed by atoms with van der Waals surface area (Å²) in [5.74, 6) is 0.603. The normalized spacial score (nSPS) is 15.1. The number of rotatable bonds is 5. The van der Waals surface area contributed by atoms with Crippen LogP contribution in [0.15, 0.2) is 42.7 Å². The van der Waals surface area contributed by atoms with Crippen molar-refractivity contribution in [3.05, 3.63) is 47.7 Å². The molecule has 0 N–H and O–H groups in total. The fourth-order valence-corrected chi connectivity index (χ4v) is 2.61. The molecule has 1 aromatic heterocycles. The highest BCUT2D eigenvalue weighted by Crippen LogP contribution is 2.17. The molecule has 2 heterocycles. The molecule has 1 aromatic carbocycles. The minimum absolute atomic E-state index is 0.0228. The van der Waals surface area contributed by atoms with Gasteiger partial charge in [-0.15, -0.1) is 0 Å². The van der Waals surface area contributed by atoms with E-state index >= 15 is 0 Å². The highest BCUT2D eigenvalue weighted by molar-refractivity contribution is 6.30. The first kappa shape index (κ1) is 16.5. The van der Waals surface area contributed by atoms with Crippen LogP contribution in [0.1, 0.15) is 12.8 Å². The highest BCUT2D eigenvalue weighted by atomic mass is 35.5. The molecule has 1 amide bonds. The molecule has 0 saturated carbocycles. The third-order valence-electron chi connectivity index (χ3n) is 3.78. The number of hydrogen-bond acceptors (Lipinski definition) is 5. The number of amides is 1. The topological polar surface area (TPSA) is 64.5 Å². The van der Waals surface area contributed by atoms with E-state index in [4.69, 9.17) is 21.1 Å². The Kier molecular flexibility index (Phi) is 5.48. The first-order valence-corrected chi connectivity index (χ1v) is 8.18. The summed E-state index contributed by atoms with van der Waals surface area (Å²) in [7, 11) is 0. The molecule has 0 unspecified atom stereocenters. The van der Waals surface area contributed by atoms with E-state index in [1.807, 2.05) is 0 Å². The van der Waals surface area contributed by atoms with Crippen LogP contribution in [-0.4, -0.2) is 46.6 Å². The lowest BCUT2D eigenvalue weighted by atomic mass is 10.1. The molecule has 0 atom stereocenters. The predicted molar refractivity (Wildman–Crippen MR) is 89.2 cm³/mol. The van der Waals surface area contributed by atoms with Crippen LogP contribution in [0.25, 0.3) is 0 Å². The molecule has 1 aliphatic rings. The van der Waals surface area contributed by atoms with E-state index < -0.39 is 0 Å². The first-order chi connectivity index (χ1) is 11.7. The second-order valence-corrected chi connectivity index (χ2v) is 5.91. The molecule has 126 valence electrons. The van der Waals surface area contributed by atoms with Crippen LogP contribution in [0, 0.1) is 0 Å². The fraction of sp³-hybridized carbons (Fsp3) is 0.353. The lowest BCUT2D eigenvalue weighted by Gasteiger charge is -2.31. The van der Waals surface area contributed by atoms with Crippen molar-refractivity contribution in [3.63, 3.8) is 0 Å². The van der Waals surface area contributed by atoms with Crippen molar-refractivity contribution in [1.82, 2.24) is 14.9 Å². The molecule has 0 radical (unpaired) electrons. The molecular weight excluding hydrogens is 330 g/mol. The van der Waals surface area contributed by atoms with Gasteiger partial charge < -0.3 is 14.4 Å². The molecule has 1 aliphatic heterocycles. The van der Waals surface area contributed by atoms with Gasteiger partial charge >= 0.3 is 6.01 Å². The van der Waals surface area contributed by atoms with Gasteiger partial charge in [0.25, 0.3) is 5.91 Å². The van der Waals surface area contributed by atoms with Gasteiger partial charge in [-0.2, -0.15) is 0 Å². The van der Waals surface area contributed by atoms with Gasteiger partial charge in [0.2, 0.25) is 0 Å². The van der Waals surface area contributed by atoms with Crippen LogP contribution in [0.3, 0.4) is 0 Å². The van der Waals surface area contributed by atoms with E-state index in [0.29, 0.717) is 29.9 Å². The second kappa shape index (κ2) is 7.97. The van der Waals surface area contributed by atoms with E-state index in [1.165, 1.54) is 0 Å². The number of carbonyl (C=O) groups is 1. The fourth-order valence-electron chi connectivity index (χ4n) is 2.49. The van der Waals surface area contributed by atoms with Gasteiger partial charge in [0.15, 0.2) is 6.61 Å². The van der Waals surface area contributed by atoms with Crippen LogP contribution in [0.4, 0.5) is 0 Å². The Morgan fingerprint density at radius 2 is 1.83 bits per heavy atom. The molecule has 0 bridgehead atoms.